The summed E-state index contributed by atoms with van der Waals surface area (Å²) in [5, 5.41) is 3.50. The van der Waals surface area contributed by atoms with Gasteiger partial charge in [-0.1, -0.05) is 19.4 Å². The van der Waals surface area contributed by atoms with E-state index < -0.39 is 0 Å². The Hall–Kier alpha value is -2.21. The molecule has 0 aliphatic carbocycles. The fourth-order valence-corrected chi connectivity index (χ4v) is 3.29. The van der Waals surface area contributed by atoms with Gasteiger partial charge < -0.3 is 11.1 Å². The number of nitrogen functional groups attached to an aromatic ring is 1. The predicted molar refractivity (Wildman–Crippen MR) is 96.7 cm³/mol. The van der Waals surface area contributed by atoms with Crippen LogP contribution in [0.3, 0.4) is 0 Å². The third-order valence-electron chi connectivity index (χ3n) is 4.63. The molecule has 0 aromatic carbocycles. The van der Waals surface area contributed by atoms with Gasteiger partial charge in [-0.15, -0.1) is 0 Å². The lowest BCUT2D eigenvalue weighted by molar-refractivity contribution is 0.170. The number of rotatable bonds is 6. The van der Waals surface area contributed by atoms with Crippen molar-refractivity contribution in [2.45, 2.75) is 38.6 Å². The van der Waals surface area contributed by atoms with Crippen LogP contribution in [0.1, 0.15) is 43.4 Å². The SMILES string of the molecule is CCc1cnc(N)nc1NC[C@@H](c1cccnc1)N1CCCCC1. The number of nitrogens with two attached hydrogens (primary N) is 1. The maximum atomic E-state index is 5.76. The first-order valence-corrected chi connectivity index (χ1v) is 8.77. The number of piperidine rings is 1. The molecule has 3 heterocycles. The molecule has 1 aliphatic heterocycles. The van der Waals surface area contributed by atoms with Crippen LogP contribution in [0.15, 0.2) is 30.7 Å². The van der Waals surface area contributed by atoms with Crippen molar-refractivity contribution in [1.82, 2.24) is 19.9 Å². The first kappa shape index (κ1) is 16.6. The predicted octanol–water partition coefficient (Wildman–Crippen LogP) is 2.66. The molecule has 128 valence electrons. The van der Waals surface area contributed by atoms with Gasteiger partial charge in [-0.3, -0.25) is 9.88 Å². The summed E-state index contributed by atoms with van der Waals surface area (Å²) >= 11 is 0. The van der Waals surface area contributed by atoms with Crippen LogP contribution in [-0.4, -0.2) is 39.5 Å². The monoisotopic (exact) mass is 326 g/mol. The standard InChI is InChI=1S/C18H26N6/c1-2-14-12-22-18(19)23-17(14)21-13-16(15-7-6-8-20-11-15)24-9-4-3-5-10-24/h6-8,11-12,16H,2-5,9-10,13H2,1H3,(H3,19,21,22,23)/t16-/m0/s1. The lowest BCUT2D eigenvalue weighted by Crippen LogP contribution is -2.37. The summed E-state index contributed by atoms with van der Waals surface area (Å²) in [6, 6.07) is 4.45. The number of aryl methyl sites for hydroxylation is 1. The first-order chi connectivity index (χ1) is 11.8. The molecule has 24 heavy (non-hydrogen) atoms. The Morgan fingerprint density at radius 3 is 2.79 bits per heavy atom. The summed E-state index contributed by atoms with van der Waals surface area (Å²) < 4.78 is 0. The minimum Gasteiger partial charge on any atom is -0.368 e. The van der Waals surface area contributed by atoms with Crippen molar-refractivity contribution >= 4 is 11.8 Å². The van der Waals surface area contributed by atoms with Crippen LogP contribution in [0.2, 0.25) is 0 Å². The largest absolute Gasteiger partial charge is 0.368 e. The van der Waals surface area contributed by atoms with Crippen LogP contribution in [-0.2, 0) is 6.42 Å². The second-order valence-electron chi connectivity index (χ2n) is 6.24. The van der Waals surface area contributed by atoms with Gasteiger partial charge in [-0.25, -0.2) is 4.98 Å². The van der Waals surface area contributed by atoms with Crippen LogP contribution < -0.4 is 11.1 Å². The number of pyridine rings is 1. The molecule has 0 radical (unpaired) electrons. The first-order valence-electron chi connectivity index (χ1n) is 8.77. The molecule has 1 atom stereocenters. The number of nitrogens with zero attached hydrogens (tertiary/aromatic N) is 4. The number of hydrogen-bond acceptors (Lipinski definition) is 6. The molecule has 6 nitrogen and oxygen atoms in total. The fourth-order valence-electron chi connectivity index (χ4n) is 3.29. The molecule has 1 aliphatic rings. The lowest BCUT2D eigenvalue weighted by Gasteiger charge is -2.35. The van der Waals surface area contributed by atoms with Crippen LogP contribution >= 0.6 is 0 Å². The van der Waals surface area contributed by atoms with Gasteiger partial charge in [0.1, 0.15) is 5.82 Å². The number of anilines is 2. The smallest absolute Gasteiger partial charge is 0.221 e. The van der Waals surface area contributed by atoms with Crippen molar-refractivity contribution in [2.24, 2.45) is 0 Å². The molecule has 3 N–H and O–H groups in total. The second-order valence-corrected chi connectivity index (χ2v) is 6.24. The van der Waals surface area contributed by atoms with Gasteiger partial charge in [0.25, 0.3) is 0 Å². The van der Waals surface area contributed by atoms with E-state index in [9.17, 15) is 0 Å². The third kappa shape index (κ3) is 4.00. The lowest BCUT2D eigenvalue weighted by atomic mass is 10.0. The van der Waals surface area contributed by atoms with Gasteiger partial charge in [-0.05, 0) is 44.0 Å². The maximum absolute atomic E-state index is 5.76. The Morgan fingerprint density at radius 1 is 1.25 bits per heavy atom. The highest BCUT2D eigenvalue weighted by Crippen LogP contribution is 2.25. The molecular formula is C18H26N6. The zero-order valence-electron chi connectivity index (χ0n) is 14.3. The van der Waals surface area contributed by atoms with E-state index in [1.54, 1.807) is 0 Å². The van der Waals surface area contributed by atoms with Gasteiger partial charge >= 0.3 is 0 Å². The highest BCUT2D eigenvalue weighted by molar-refractivity contribution is 5.46. The Kier molecular flexibility index (Phi) is 5.59. The van der Waals surface area contributed by atoms with Gasteiger partial charge in [0, 0.05) is 30.7 Å². The zero-order chi connectivity index (χ0) is 16.8. The molecular weight excluding hydrogens is 300 g/mol. The van der Waals surface area contributed by atoms with E-state index in [1.807, 2.05) is 24.7 Å². The molecule has 0 spiro atoms. The van der Waals surface area contributed by atoms with Crippen molar-refractivity contribution in [1.29, 1.82) is 0 Å². The van der Waals surface area contributed by atoms with Gasteiger partial charge in [0.2, 0.25) is 5.95 Å². The molecule has 3 rings (SSSR count). The normalized spacial score (nSPS) is 16.7. The molecule has 2 aromatic rings. The van der Waals surface area contributed by atoms with Gasteiger partial charge in [0.15, 0.2) is 0 Å². The average molecular weight is 326 g/mol. The number of aromatic nitrogens is 3. The molecule has 2 aromatic heterocycles. The molecule has 0 amide bonds. The Morgan fingerprint density at radius 2 is 2.08 bits per heavy atom. The summed E-state index contributed by atoms with van der Waals surface area (Å²) in [6.45, 7) is 5.15. The number of nitrogens with one attached hydrogen (secondary N) is 1. The molecule has 0 bridgehead atoms. The van der Waals surface area contributed by atoms with Crippen molar-refractivity contribution in [3.05, 3.63) is 41.9 Å². The summed E-state index contributed by atoms with van der Waals surface area (Å²) in [7, 11) is 0. The Balaban J connectivity index is 1.78. The maximum Gasteiger partial charge on any atom is 0.221 e. The highest BCUT2D eigenvalue weighted by Gasteiger charge is 2.22. The van der Waals surface area contributed by atoms with Crippen molar-refractivity contribution in [3.63, 3.8) is 0 Å². The number of hydrogen-bond donors (Lipinski definition) is 2. The van der Waals surface area contributed by atoms with Crippen molar-refractivity contribution in [3.8, 4) is 0 Å². The highest BCUT2D eigenvalue weighted by atomic mass is 15.2. The second kappa shape index (κ2) is 8.06. The zero-order valence-corrected chi connectivity index (χ0v) is 14.3. The summed E-state index contributed by atoms with van der Waals surface area (Å²) in [4.78, 5) is 15.3. The quantitative estimate of drug-likeness (QED) is 0.849. The van der Waals surface area contributed by atoms with E-state index in [4.69, 9.17) is 5.73 Å². The van der Waals surface area contributed by atoms with Gasteiger partial charge in [-0.2, -0.15) is 4.98 Å². The Bertz CT molecular complexity index is 639. The van der Waals surface area contributed by atoms with E-state index in [0.717, 1.165) is 37.4 Å². The minimum atomic E-state index is 0.292. The topological polar surface area (TPSA) is 80.0 Å². The molecule has 1 fully saturated rings. The fraction of sp³-hybridized carbons (Fsp3) is 0.500. The summed E-state index contributed by atoms with van der Waals surface area (Å²) in [5.41, 5.74) is 8.09. The van der Waals surface area contributed by atoms with Crippen molar-refractivity contribution in [2.75, 3.05) is 30.7 Å². The van der Waals surface area contributed by atoms with E-state index in [0.29, 0.717) is 12.0 Å². The van der Waals surface area contributed by atoms with Crippen LogP contribution in [0.25, 0.3) is 0 Å². The van der Waals surface area contributed by atoms with Crippen LogP contribution in [0.5, 0.6) is 0 Å². The third-order valence-corrected chi connectivity index (χ3v) is 4.63. The summed E-state index contributed by atoms with van der Waals surface area (Å²) in [5.74, 6) is 1.15. The number of likely N-dealkylation sites (tertiary alicyclic amines) is 1. The Labute approximate surface area is 143 Å². The van der Waals surface area contributed by atoms with Crippen LogP contribution in [0, 0.1) is 0 Å². The molecule has 0 saturated carbocycles. The molecule has 1 saturated heterocycles. The van der Waals surface area contributed by atoms with Crippen molar-refractivity contribution < 1.29 is 0 Å². The minimum absolute atomic E-state index is 0.292. The summed E-state index contributed by atoms with van der Waals surface area (Å²) in [6.07, 6.45) is 10.3. The van der Waals surface area contributed by atoms with E-state index >= 15 is 0 Å². The van der Waals surface area contributed by atoms with E-state index in [-0.39, 0.29) is 0 Å². The van der Waals surface area contributed by atoms with E-state index in [2.05, 4.69) is 38.2 Å². The average Bonchev–Trinajstić information content (AvgIpc) is 2.64. The molecule has 6 heteroatoms. The van der Waals surface area contributed by atoms with Gasteiger partial charge in [0.05, 0.1) is 6.04 Å². The van der Waals surface area contributed by atoms with Crippen LogP contribution in [0.4, 0.5) is 11.8 Å². The van der Waals surface area contributed by atoms with E-state index in [1.165, 1.54) is 24.8 Å². The molecule has 0 unspecified atom stereocenters.